The average molecular weight is 456 g/mol. The largest absolute Gasteiger partial charge is 0.491 e. The first kappa shape index (κ1) is 25.2. The van der Waals surface area contributed by atoms with E-state index < -0.39 is 15.9 Å². The standard InChI is InChI=1S/C22H33NO7S/c1-3-4-5-15-31(25,26)23-22(24)11-9-18-8-10-19(29-14-13-27-2)16-21(18)30-17-20-7-6-12-28-20/h8-11,16,20H,3-7,12-15,17H2,1-2H3,(H,23,24). The number of hydrogen-bond donors (Lipinski definition) is 1. The van der Waals surface area contributed by atoms with Crippen LogP contribution in [0.25, 0.3) is 6.08 Å². The summed E-state index contributed by atoms with van der Waals surface area (Å²) in [6, 6.07) is 5.25. The molecule has 1 unspecified atom stereocenters. The van der Waals surface area contributed by atoms with Gasteiger partial charge in [-0.25, -0.2) is 13.1 Å². The van der Waals surface area contributed by atoms with Crippen LogP contribution in [0.4, 0.5) is 0 Å². The Morgan fingerprint density at radius 1 is 1.26 bits per heavy atom. The van der Waals surface area contributed by atoms with Crippen molar-refractivity contribution < 1.29 is 32.2 Å². The number of unbranched alkanes of at least 4 members (excludes halogenated alkanes) is 2. The number of nitrogens with one attached hydrogen (secondary N) is 1. The molecule has 0 bridgehead atoms. The molecule has 1 aromatic carbocycles. The molecule has 0 saturated carbocycles. The summed E-state index contributed by atoms with van der Waals surface area (Å²) in [4.78, 5) is 12.1. The van der Waals surface area contributed by atoms with Crippen molar-refractivity contribution in [3.63, 3.8) is 0 Å². The highest BCUT2D eigenvalue weighted by Crippen LogP contribution is 2.27. The van der Waals surface area contributed by atoms with E-state index in [1.165, 1.54) is 12.2 Å². The molecule has 0 aliphatic carbocycles. The van der Waals surface area contributed by atoms with E-state index in [4.69, 9.17) is 18.9 Å². The Labute approximate surface area is 185 Å². The molecule has 31 heavy (non-hydrogen) atoms. The van der Waals surface area contributed by atoms with Crippen molar-refractivity contribution in [2.75, 3.05) is 39.3 Å². The molecule has 9 heteroatoms. The minimum Gasteiger partial charge on any atom is -0.491 e. The monoisotopic (exact) mass is 455 g/mol. The van der Waals surface area contributed by atoms with E-state index in [1.807, 2.05) is 6.92 Å². The molecule has 1 aliphatic heterocycles. The maximum atomic E-state index is 12.1. The molecule has 0 spiro atoms. The van der Waals surface area contributed by atoms with E-state index in [-0.39, 0.29) is 11.9 Å². The summed E-state index contributed by atoms with van der Waals surface area (Å²) in [5.41, 5.74) is 0.635. The van der Waals surface area contributed by atoms with Gasteiger partial charge in [0.1, 0.15) is 24.7 Å². The van der Waals surface area contributed by atoms with Crippen molar-refractivity contribution in [2.45, 2.75) is 45.1 Å². The molecule has 174 valence electrons. The lowest BCUT2D eigenvalue weighted by molar-refractivity contribution is -0.114. The van der Waals surface area contributed by atoms with Gasteiger partial charge in [0.2, 0.25) is 10.0 Å². The van der Waals surface area contributed by atoms with Crippen LogP contribution in [0.5, 0.6) is 11.5 Å². The highest BCUT2D eigenvalue weighted by molar-refractivity contribution is 7.90. The molecule has 8 nitrogen and oxygen atoms in total. The van der Waals surface area contributed by atoms with Gasteiger partial charge in [0.15, 0.2) is 0 Å². The molecule has 1 fully saturated rings. The van der Waals surface area contributed by atoms with Crippen LogP contribution in [-0.4, -0.2) is 59.7 Å². The number of rotatable bonds is 14. The van der Waals surface area contributed by atoms with Crippen LogP contribution in [0.1, 0.15) is 44.6 Å². The number of ether oxygens (including phenoxy) is 4. The summed E-state index contributed by atoms with van der Waals surface area (Å²) < 4.78 is 48.2. The lowest BCUT2D eigenvalue weighted by Gasteiger charge is -2.15. The molecule has 1 N–H and O–H groups in total. The fraction of sp³-hybridized carbons (Fsp3) is 0.591. The van der Waals surface area contributed by atoms with Crippen molar-refractivity contribution in [1.82, 2.24) is 4.72 Å². The molecule has 1 amide bonds. The molecule has 1 saturated heterocycles. The first-order valence-corrected chi connectivity index (χ1v) is 12.3. The van der Waals surface area contributed by atoms with Gasteiger partial charge in [-0.1, -0.05) is 19.8 Å². The Morgan fingerprint density at radius 2 is 2.10 bits per heavy atom. The van der Waals surface area contributed by atoms with Gasteiger partial charge in [-0.2, -0.15) is 0 Å². The van der Waals surface area contributed by atoms with Gasteiger partial charge in [-0.05, 0) is 37.5 Å². The topological polar surface area (TPSA) is 100 Å². The number of carbonyl (C=O) groups is 1. The highest BCUT2D eigenvalue weighted by atomic mass is 32.2. The number of sulfonamides is 1. The van der Waals surface area contributed by atoms with Crippen LogP contribution >= 0.6 is 0 Å². The molecule has 0 radical (unpaired) electrons. The third-order valence-electron chi connectivity index (χ3n) is 4.68. The van der Waals surface area contributed by atoms with Crippen molar-refractivity contribution in [3.05, 3.63) is 29.8 Å². The van der Waals surface area contributed by atoms with E-state index >= 15 is 0 Å². The number of methoxy groups -OCH3 is 1. The van der Waals surface area contributed by atoms with Crippen LogP contribution < -0.4 is 14.2 Å². The second-order valence-corrected chi connectivity index (χ2v) is 9.15. The average Bonchev–Trinajstić information content (AvgIpc) is 3.25. The second kappa shape index (κ2) is 13.3. The van der Waals surface area contributed by atoms with Crippen LogP contribution in [-0.2, 0) is 24.3 Å². The first-order chi connectivity index (χ1) is 14.9. The predicted octanol–water partition coefficient (Wildman–Crippen LogP) is 2.92. The highest BCUT2D eigenvalue weighted by Gasteiger charge is 2.17. The fourth-order valence-electron chi connectivity index (χ4n) is 3.01. The zero-order valence-corrected chi connectivity index (χ0v) is 19.1. The molecule has 1 atom stereocenters. The van der Waals surface area contributed by atoms with Gasteiger partial charge in [0.25, 0.3) is 5.91 Å². The third-order valence-corrected chi connectivity index (χ3v) is 6.02. The lowest BCUT2D eigenvalue weighted by atomic mass is 10.1. The van der Waals surface area contributed by atoms with Gasteiger partial charge < -0.3 is 18.9 Å². The van der Waals surface area contributed by atoms with E-state index in [2.05, 4.69) is 4.72 Å². The zero-order chi connectivity index (χ0) is 22.5. The number of carbonyl (C=O) groups excluding carboxylic acids is 1. The Kier molecular flexibility index (Phi) is 10.8. The van der Waals surface area contributed by atoms with E-state index in [1.54, 1.807) is 25.3 Å². The van der Waals surface area contributed by atoms with E-state index in [0.717, 1.165) is 32.3 Å². The van der Waals surface area contributed by atoms with E-state index in [9.17, 15) is 13.2 Å². The van der Waals surface area contributed by atoms with Gasteiger partial charge in [0, 0.05) is 31.4 Å². The maximum Gasteiger partial charge on any atom is 0.257 e. The molecular weight excluding hydrogens is 422 g/mol. The third kappa shape index (κ3) is 9.71. The van der Waals surface area contributed by atoms with Gasteiger partial charge in [-0.15, -0.1) is 0 Å². The molecule has 1 aliphatic rings. The van der Waals surface area contributed by atoms with Crippen LogP contribution in [0.3, 0.4) is 0 Å². The van der Waals surface area contributed by atoms with Crippen molar-refractivity contribution in [2.24, 2.45) is 0 Å². The summed E-state index contributed by atoms with van der Waals surface area (Å²) >= 11 is 0. The van der Waals surface area contributed by atoms with Gasteiger partial charge in [-0.3, -0.25) is 4.79 Å². The summed E-state index contributed by atoms with van der Waals surface area (Å²) in [5.74, 6) is 0.380. The number of hydrogen-bond acceptors (Lipinski definition) is 7. The molecule has 0 aromatic heterocycles. The van der Waals surface area contributed by atoms with Crippen LogP contribution in [0, 0.1) is 0 Å². The molecule has 1 heterocycles. The van der Waals surface area contributed by atoms with Crippen LogP contribution in [0.2, 0.25) is 0 Å². The number of benzene rings is 1. The maximum absolute atomic E-state index is 12.1. The minimum absolute atomic E-state index is 0.0338. The Balaban J connectivity index is 2.04. The zero-order valence-electron chi connectivity index (χ0n) is 18.3. The molecular formula is C22H33NO7S. The smallest absolute Gasteiger partial charge is 0.257 e. The second-order valence-electron chi connectivity index (χ2n) is 7.31. The van der Waals surface area contributed by atoms with Gasteiger partial charge in [0.05, 0.1) is 18.5 Å². The fourth-order valence-corrected chi connectivity index (χ4v) is 4.08. The predicted molar refractivity (Wildman–Crippen MR) is 119 cm³/mol. The summed E-state index contributed by atoms with van der Waals surface area (Å²) in [6.45, 7) is 3.96. The van der Waals surface area contributed by atoms with Crippen molar-refractivity contribution in [3.8, 4) is 11.5 Å². The Morgan fingerprint density at radius 3 is 2.81 bits per heavy atom. The normalized spacial score (nSPS) is 16.5. The SMILES string of the molecule is CCCCCS(=O)(=O)NC(=O)C=Cc1ccc(OCCOC)cc1OCC1CCCO1. The molecule has 2 rings (SSSR count). The van der Waals surface area contributed by atoms with E-state index in [0.29, 0.717) is 43.3 Å². The van der Waals surface area contributed by atoms with Gasteiger partial charge >= 0.3 is 0 Å². The summed E-state index contributed by atoms with van der Waals surface area (Å²) in [6.07, 6.45) is 6.93. The van der Waals surface area contributed by atoms with Crippen molar-refractivity contribution in [1.29, 1.82) is 0 Å². The number of amides is 1. The summed E-state index contributed by atoms with van der Waals surface area (Å²) in [5, 5.41) is 0. The quantitative estimate of drug-likeness (QED) is 0.340. The first-order valence-electron chi connectivity index (χ1n) is 10.7. The lowest BCUT2D eigenvalue weighted by Crippen LogP contribution is -2.31. The van der Waals surface area contributed by atoms with Crippen molar-refractivity contribution >= 4 is 22.0 Å². The molecule has 1 aromatic rings. The Hall–Kier alpha value is -2.10. The summed E-state index contributed by atoms with van der Waals surface area (Å²) in [7, 11) is -2.04. The van der Waals surface area contributed by atoms with Crippen LogP contribution in [0.15, 0.2) is 24.3 Å². The Bertz CT molecular complexity index is 817. The minimum atomic E-state index is -3.64.